The molecular weight excluding hydrogens is 407 g/mol. The minimum absolute atomic E-state index is 0.0161. The summed E-state index contributed by atoms with van der Waals surface area (Å²) in [4.78, 5) is 37.1. The van der Waals surface area contributed by atoms with Crippen molar-refractivity contribution in [3.8, 4) is 0 Å². The maximum absolute atomic E-state index is 13.6. The molecule has 9 nitrogen and oxygen atoms in total. The number of amides is 4. The Kier molecular flexibility index (Phi) is 7.62. The molecule has 0 radical (unpaired) electrons. The fourth-order valence-corrected chi connectivity index (χ4v) is 2.77. The van der Waals surface area contributed by atoms with Gasteiger partial charge in [0.15, 0.2) is 0 Å². The number of nitrogens with one attached hydrogen (secondary N) is 3. The Balaban J connectivity index is 2.22. The molecule has 1 aliphatic heterocycles. The van der Waals surface area contributed by atoms with Gasteiger partial charge in [-0.2, -0.15) is 13.2 Å². The van der Waals surface area contributed by atoms with Crippen LogP contribution in [-0.2, 0) is 20.5 Å². The van der Waals surface area contributed by atoms with Gasteiger partial charge >= 0.3 is 12.2 Å². The van der Waals surface area contributed by atoms with E-state index in [1.54, 1.807) is 13.8 Å². The minimum atomic E-state index is -4.77. The molecule has 1 fully saturated rings. The molecule has 30 heavy (non-hydrogen) atoms. The predicted molar refractivity (Wildman–Crippen MR) is 103 cm³/mol. The third-order valence-corrected chi connectivity index (χ3v) is 4.12. The maximum Gasteiger partial charge on any atom is 0.418 e. The number of halogens is 3. The first-order chi connectivity index (χ1) is 14.0. The van der Waals surface area contributed by atoms with Crippen molar-refractivity contribution in [2.24, 2.45) is 5.73 Å². The molecule has 5 N–H and O–H groups in total. The molecule has 0 aliphatic carbocycles. The van der Waals surface area contributed by atoms with Gasteiger partial charge in [-0.05, 0) is 32.0 Å². The molecule has 0 bridgehead atoms. The molecule has 12 heteroatoms. The average Bonchev–Trinajstić information content (AvgIpc) is 2.65. The first kappa shape index (κ1) is 23.4. The summed E-state index contributed by atoms with van der Waals surface area (Å²) in [6.07, 6.45) is -4.77. The Bertz CT molecular complexity index is 801. The van der Waals surface area contributed by atoms with E-state index in [0.717, 1.165) is 17.0 Å². The number of rotatable bonds is 6. The van der Waals surface area contributed by atoms with E-state index in [4.69, 9.17) is 10.5 Å². The number of ether oxygens (including phenoxy) is 1. The average molecular weight is 431 g/mol. The number of hydrogen-bond donors (Lipinski definition) is 4. The lowest BCUT2D eigenvalue weighted by molar-refractivity contribution is -0.137. The van der Waals surface area contributed by atoms with E-state index < -0.39 is 35.6 Å². The maximum atomic E-state index is 13.6. The number of urea groups is 1. The van der Waals surface area contributed by atoms with Gasteiger partial charge < -0.3 is 31.3 Å². The summed E-state index contributed by atoms with van der Waals surface area (Å²) in [7, 11) is 0. The van der Waals surface area contributed by atoms with E-state index in [2.05, 4.69) is 16.0 Å². The molecule has 1 atom stereocenters. The van der Waals surface area contributed by atoms with Crippen molar-refractivity contribution in [1.82, 2.24) is 10.6 Å². The number of hydrogen-bond acceptors (Lipinski definition) is 5. The SMILES string of the molecule is CC(C)NC(=O)N[C@@H](CN)C(=O)Nc1ccc(N2CCOCC2=O)c(C(F)(F)F)c1. The van der Waals surface area contributed by atoms with Gasteiger partial charge in [0.1, 0.15) is 12.6 Å². The molecule has 1 aromatic carbocycles. The van der Waals surface area contributed by atoms with Crippen LogP contribution in [0.15, 0.2) is 18.2 Å². The van der Waals surface area contributed by atoms with E-state index in [-0.39, 0.29) is 43.7 Å². The summed E-state index contributed by atoms with van der Waals surface area (Å²) in [6, 6.07) is 1.12. The van der Waals surface area contributed by atoms with Gasteiger partial charge in [-0.15, -0.1) is 0 Å². The minimum Gasteiger partial charge on any atom is -0.370 e. The number of benzene rings is 1. The highest BCUT2D eigenvalue weighted by Crippen LogP contribution is 2.38. The number of carbonyl (C=O) groups is 3. The van der Waals surface area contributed by atoms with Gasteiger partial charge in [0.05, 0.1) is 17.9 Å². The lowest BCUT2D eigenvalue weighted by Crippen LogP contribution is -2.52. The molecule has 1 aromatic rings. The number of alkyl halides is 3. The summed E-state index contributed by atoms with van der Waals surface area (Å²) < 4.78 is 45.7. The molecule has 4 amide bonds. The standard InChI is InChI=1S/C18H24F3N5O4/c1-10(2)23-17(29)25-13(8-22)16(28)24-11-3-4-14(12(7-11)18(19,20)21)26-5-6-30-9-15(26)27/h3-4,7,10,13H,5-6,8-9,22H2,1-2H3,(H,24,28)(H2,23,25,29)/t13-/m0/s1. The van der Waals surface area contributed by atoms with Gasteiger partial charge in [0.2, 0.25) is 5.91 Å². The predicted octanol–water partition coefficient (Wildman–Crippen LogP) is 1.04. The van der Waals surface area contributed by atoms with Crippen LogP contribution in [0, 0.1) is 0 Å². The monoisotopic (exact) mass is 431 g/mol. The highest BCUT2D eigenvalue weighted by atomic mass is 19.4. The second kappa shape index (κ2) is 9.76. The Morgan fingerprint density at radius 2 is 1.97 bits per heavy atom. The summed E-state index contributed by atoms with van der Waals surface area (Å²) in [5.41, 5.74) is 3.95. The lowest BCUT2D eigenvalue weighted by atomic mass is 10.1. The molecule has 0 unspecified atom stereocenters. The van der Waals surface area contributed by atoms with Crippen LogP contribution in [0.2, 0.25) is 0 Å². The smallest absolute Gasteiger partial charge is 0.370 e. The first-order valence-electron chi connectivity index (χ1n) is 9.20. The normalized spacial score (nSPS) is 15.7. The number of morpholine rings is 1. The molecule has 0 saturated carbocycles. The fraction of sp³-hybridized carbons (Fsp3) is 0.500. The zero-order valence-electron chi connectivity index (χ0n) is 16.5. The van der Waals surface area contributed by atoms with Crippen molar-refractivity contribution in [3.05, 3.63) is 23.8 Å². The second-order valence-electron chi connectivity index (χ2n) is 6.88. The zero-order chi connectivity index (χ0) is 22.5. The number of nitrogens with zero attached hydrogens (tertiary/aromatic N) is 1. The van der Waals surface area contributed by atoms with Crippen LogP contribution in [-0.4, -0.2) is 56.2 Å². The molecule has 0 aromatic heterocycles. The number of anilines is 2. The molecule has 1 saturated heterocycles. The van der Waals surface area contributed by atoms with Gasteiger partial charge in [-0.3, -0.25) is 9.59 Å². The summed E-state index contributed by atoms with van der Waals surface area (Å²) in [5.74, 6) is -1.37. The summed E-state index contributed by atoms with van der Waals surface area (Å²) >= 11 is 0. The van der Waals surface area contributed by atoms with Crippen LogP contribution in [0.5, 0.6) is 0 Å². The largest absolute Gasteiger partial charge is 0.418 e. The topological polar surface area (TPSA) is 126 Å². The number of nitrogens with two attached hydrogens (primary N) is 1. The van der Waals surface area contributed by atoms with Crippen molar-refractivity contribution in [2.75, 3.05) is 36.5 Å². The second-order valence-corrected chi connectivity index (χ2v) is 6.88. The summed E-state index contributed by atoms with van der Waals surface area (Å²) in [5, 5.41) is 7.19. The Labute approximate surface area is 171 Å². The van der Waals surface area contributed by atoms with E-state index in [1.165, 1.54) is 6.07 Å². The van der Waals surface area contributed by atoms with Gasteiger partial charge in [0.25, 0.3) is 5.91 Å². The highest BCUT2D eigenvalue weighted by molar-refractivity contribution is 5.99. The Morgan fingerprint density at radius 1 is 1.27 bits per heavy atom. The van der Waals surface area contributed by atoms with E-state index in [1.807, 2.05) is 0 Å². The van der Waals surface area contributed by atoms with Crippen LogP contribution in [0.25, 0.3) is 0 Å². The van der Waals surface area contributed by atoms with Gasteiger partial charge in [-0.25, -0.2) is 4.79 Å². The fourth-order valence-electron chi connectivity index (χ4n) is 2.77. The zero-order valence-corrected chi connectivity index (χ0v) is 16.5. The third-order valence-electron chi connectivity index (χ3n) is 4.12. The van der Waals surface area contributed by atoms with Crippen molar-refractivity contribution in [3.63, 3.8) is 0 Å². The highest BCUT2D eigenvalue weighted by Gasteiger charge is 2.37. The van der Waals surface area contributed by atoms with Gasteiger partial charge in [0, 0.05) is 24.8 Å². The van der Waals surface area contributed by atoms with E-state index in [9.17, 15) is 27.6 Å². The molecule has 1 heterocycles. The van der Waals surface area contributed by atoms with Gasteiger partial charge in [-0.1, -0.05) is 0 Å². The van der Waals surface area contributed by atoms with Crippen LogP contribution in [0.1, 0.15) is 19.4 Å². The molecule has 1 aliphatic rings. The molecule has 166 valence electrons. The van der Waals surface area contributed by atoms with E-state index in [0.29, 0.717) is 0 Å². The van der Waals surface area contributed by atoms with Crippen LogP contribution in [0.4, 0.5) is 29.3 Å². The van der Waals surface area contributed by atoms with Crippen LogP contribution >= 0.6 is 0 Å². The van der Waals surface area contributed by atoms with Crippen molar-refractivity contribution in [2.45, 2.75) is 32.1 Å². The lowest BCUT2D eigenvalue weighted by Gasteiger charge is -2.29. The Morgan fingerprint density at radius 3 is 2.53 bits per heavy atom. The van der Waals surface area contributed by atoms with Crippen molar-refractivity contribution < 1.29 is 32.3 Å². The third kappa shape index (κ3) is 6.07. The van der Waals surface area contributed by atoms with Crippen molar-refractivity contribution in [1.29, 1.82) is 0 Å². The number of carbonyl (C=O) groups excluding carboxylic acids is 3. The molecular formula is C18H24F3N5O4. The first-order valence-corrected chi connectivity index (χ1v) is 9.20. The summed E-state index contributed by atoms with van der Waals surface area (Å²) in [6.45, 7) is 2.97. The van der Waals surface area contributed by atoms with E-state index >= 15 is 0 Å². The molecule has 0 spiro atoms. The van der Waals surface area contributed by atoms with Crippen LogP contribution < -0.4 is 26.6 Å². The van der Waals surface area contributed by atoms with Crippen LogP contribution in [0.3, 0.4) is 0 Å². The Hall–Kier alpha value is -2.86. The quantitative estimate of drug-likeness (QED) is 0.536. The molecule has 2 rings (SSSR count). The van der Waals surface area contributed by atoms with Crippen molar-refractivity contribution >= 4 is 29.2 Å².